The highest BCUT2D eigenvalue weighted by atomic mass is 32.2. The Morgan fingerprint density at radius 1 is 1.04 bits per heavy atom. The van der Waals surface area contributed by atoms with Crippen LogP contribution in [-0.2, 0) is 14.3 Å². The van der Waals surface area contributed by atoms with Crippen LogP contribution >= 0.6 is 11.8 Å². The molecule has 6 heteroatoms. The third-order valence-electron chi connectivity index (χ3n) is 3.46. The molecule has 2 rings (SSSR count). The van der Waals surface area contributed by atoms with E-state index in [1.807, 2.05) is 37.3 Å². The molecule has 0 aliphatic carbocycles. The maximum Gasteiger partial charge on any atom is 0.331 e. The SMILES string of the molecule is CCCC(=O)Nc1ccc(C(=O)COC(=O)/C=C/Sc2ccccc2)cc1. The number of esters is 1. The largest absolute Gasteiger partial charge is 0.454 e. The zero-order valence-electron chi connectivity index (χ0n) is 15.0. The van der Waals surface area contributed by atoms with Crippen LogP contribution in [0.1, 0.15) is 30.1 Å². The molecule has 0 aliphatic heterocycles. The summed E-state index contributed by atoms with van der Waals surface area (Å²) in [7, 11) is 0. The molecule has 1 amide bonds. The van der Waals surface area contributed by atoms with Crippen LogP contribution in [-0.4, -0.2) is 24.3 Å². The average molecular weight is 383 g/mol. The summed E-state index contributed by atoms with van der Waals surface area (Å²) in [5, 5.41) is 4.37. The summed E-state index contributed by atoms with van der Waals surface area (Å²) in [4.78, 5) is 36.3. The summed E-state index contributed by atoms with van der Waals surface area (Å²) in [5.74, 6) is -0.945. The molecule has 1 N–H and O–H groups in total. The van der Waals surface area contributed by atoms with Crippen LogP contribution in [0.3, 0.4) is 0 Å². The molecule has 0 fully saturated rings. The van der Waals surface area contributed by atoms with Crippen LogP contribution in [0.5, 0.6) is 0 Å². The number of hydrogen-bond acceptors (Lipinski definition) is 5. The molecule has 0 aromatic heterocycles. The first kappa shape index (κ1) is 20.5. The van der Waals surface area contributed by atoms with E-state index in [-0.39, 0.29) is 18.3 Å². The fourth-order valence-corrected chi connectivity index (χ4v) is 2.78. The summed E-state index contributed by atoms with van der Waals surface area (Å²) in [6.45, 7) is 1.60. The van der Waals surface area contributed by atoms with Crippen LogP contribution in [0, 0.1) is 0 Å². The second-order valence-electron chi connectivity index (χ2n) is 5.64. The number of nitrogens with one attached hydrogen (secondary N) is 1. The molecule has 0 atom stereocenters. The molecule has 0 saturated heterocycles. The van der Waals surface area contributed by atoms with E-state index in [0.717, 1.165) is 11.3 Å². The Balaban J connectivity index is 1.77. The Morgan fingerprint density at radius 3 is 2.41 bits per heavy atom. The monoisotopic (exact) mass is 383 g/mol. The topological polar surface area (TPSA) is 72.5 Å². The van der Waals surface area contributed by atoms with Crippen molar-refractivity contribution in [1.29, 1.82) is 0 Å². The average Bonchev–Trinajstić information content (AvgIpc) is 2.68. The molecular weight excluding hydrogens is 362 g/mol. The van der Waals surface area contributed by atoms with E-state index in [2.05, 4.69) is 5.32 Å². The van der Waals surface area contributed by atoms with Gasteiger partial charge in [0.2, 0.25) is 5.91 Å². The number of carbonyl (C=O) groups is 3. The van der Waals surface area contributed by atoms with Gasteiger partial charge in [-0.25, -0.2) is 4.79 Å². The minimum atomic E-state index is -0.574. The summed E-state index contributed by atoms with van der Waals surface area (Å²) >= 11 is 1.39. The number of rotatable bonds is 9. The van der Waals surface area contributed by atoms with Crippen LogP contribution in [0.2, 0.25) is 0 Å². The molecule has 2 aromatic carbocycles. The maximum atomic E-state index is 12.1. The number of carbonyl (C=O) groups excluding carboxylic acids is 3. The first-order chi connectivity index (χ1) is 13.1. The third kappa shape index (κ3) is 7.50. The highest BCUT2D eigenvalue weighted by Gasteiger charge is 2.09. The van der Waals surface area contributed by atoms with Gasteiger partial charge in [0.1, 0.15) is 0 Å². The molecule has 0 spiro atoms. The van der Waals surface area contributed by atoms with Gasteiger partial charge in [0.25, 0.3) is 0 Å². The van der Waals surface area contributed by atoms with Gasteiger partial charge in [0.05, 0.1) is 0 Å². The van der Waals surface area contributed by atoms with Gasteiger partial charge in [-0.1, -0.05) is 36.9 Å². The van der Waals surface area contributed by atoms with E-state index in [4.69, 9.17) is 4.74 Å². The summed E-state index contributed by atoms with van der Waals surface area (Å²) in [6.07, 6.45) is 2.51. The Kier molecular flexibility index (Phi) is 8.32. The van der Waals surface area contributed by atoms with E-state index in [0.29, 0.717) is 17.7 Å². The minimum absolute atomic E-state index is 0.0642. The van der Waals surface area contributed by atoms with Crippen molar-refractivity contribution in [3.8, 4) is 0 Å². The van der Waals surface area contributed by atoms with Crippen molar-refractivity contribution in [2.75, 3.05) is 11.9 Å². The lowest BCUT2D eigenvalue weighted by atomic mass is 10.1. The van der Waals surface area contributed by atoms with Crippen LogP contribution in [0.15, 0.2) is 71.0 Å². The van der Waals surface area contributed by atoms with Gasteiger partial charge in [-0.05, 0) is 48.2 Å². The number of amides is 1. The summed E-state index contributed by atoms with van der Waals surface area (Å²) in [5.41, 5.74) is 1.04. The fraction of sp³-hybridized carbons (Fsp3) is 0.190. The third-order valence-corrected chi connectivity index (χ3v) is 4.28. The van der Waals surface area contributed by atoms with Crippen LogP contribution < -0.4 is 5.32 Å². The van der Waals surface area contributed by atoms with E-state index < -0.39 is 5.97 Å². The Labute approximate surface area is 162 Å². The quantitative estimate of drug-likeness (QED) is 0.300. The van der Waals surface area contributed by atoms with Crippen molar-refractivity contribution in [2.45, 2.75) is 24.7 Å². The smallest absolute Gasteiger partial charge is 0.331 e. The number of ketones is 1. The maximum absolute atomic E-state index is 12.1. The molecule has 0 radical (unpaired) electrons. The van der Waals surface area contributed by atoms with E-state index in [1.165, 1.54) is 17.8 Å². The number of Topliss-reactive ketones (excluding diaryl/α,β-unsaturated/α-hetero) is 1. The van der Waals surface area contributed by atoms with Gasteiger partial charge in [0.15, 0.2) is 12.4 Å². The van der Waals surface area contributed by atoms with Gasteiger partial charge in [-0.2, -0.15) is 0 Å². The van der Waals surface area contributed by atoms with Crippen molar-refractivity contribution in [3.63, 3.8) is 0 Å². The molecule has 0 unspecified atom stereocenters. The van der Waals surface area contributed by atoms with Crippen molar-refractivity contribution >= 4 is 35.1 Å². The Morgan fingerprint density at radius 2 is 1.74 bits per heavy atom. The molecule has 0 bridgehead atoms. The second-order valence-corrected chi connectivity index (χ2v) is 6.62. The molecule has 0 saturated carbocycles. The number of ether oxygens (including phenoxy) is 1. The first-order valence-electron chi connectivity index (χ1n) is 8.56. The van der Waals surface area contributed by atoms with Gasteiger partial charge in [0, 0.05) is 28.6 Å². The lowest BCUT2D eigenvalue weighted by Gasteiger charge is -2.06. The molecular formula is C21H21NO4S. The molecule has 0 heterocycles. The fourth-order valence-electron chi connectivity index (χ4n) is 2.13. The number of anilines is 1. The van der Waals surface area contributed by atoms with Crippen molar-refractivity contribution in [1.82, 2.24) is 0 Å². The predicted molar refractivity (Wildman–Crippen MR) is 107 cm³/mol. The van der Waals surface area contributed by atoms with Crippen LogP contribution in [0.25, 0.3) is 0 Å². The second kappa shape index (κ2) is 11.0. The predicted octanol–water partition coefficient (Wildman–Crippen LogP) is 4.46. The molecule has 5 nitrogen and oxygen atoms in total. The lowest BCUT2D eigenvalue weighted by Crippen LogP contribution is -2.13. The van der Waals surface area contributed by atoms with Crippen LogP contribution in [0.4, 0.5) is 5.69 Å². The zero-order valence-corrected chi connectivity index (χ0v) is 15.8. The summed E-state index contributed by atoms with van der Waals surface area (Å²) in [6, 6.07) is 16.1. The number of thioether (sulfide) groups is 1. The minimum Gasteiger partial charge on any atom is -0.454 e. The van der Waals surface area contributed by atoms with E-state index >= 15 is 0 Å². The van der Waals surface area contributed by atoms with Gasteiger partial charge in [-0.3, -0.25) is 9.59 Å². The first-order valence-corrected chi connectivity index (χ1v) is 9.44. The highest BCUT2D eigenvalue weighted by molar-refractivity contribution is 8.02. The normalized spacial score (nSPS) is 10.6. The lowest BCUT2D eigenvalue weighted by molar-refractivity contribution is -0.136. The van der Waals surface area contributed by atoms with Crippen molar-refractivity contribution in [3.05, 3.63) is 71.6 Å². The number of hydrogen-bond donors (Lipinski definition) is 1. The Bertz CT molecular complexity index is 801. The van der Waals surface area contributed by atoms with Crippen molar-refractivity contribution in [2.24, 2.45) is 0 Å². The van der Waals surface area contributed by atoms with Crippen molar-refractivity contribution < 1.29 is 19.1 Å². The Hall–Kier alpha value is -2.86. The van der Waals surface area contributed by atoms with E-state index in [1.54, 1.807) is 29.7 Å². The molecule has 2 aromatic rings. The zero-order chi connectivity index (χ0) is 19.5. The molecule has 0 aliphatic rings. The van der Waals surface area contributed by atoms with E-state index in [9.17, 15) is 14.4 Å². The highest BCUT2D eigenvalue weighted by Crippen LogP contribution is 2.18. The standard InChI is InChI=1S/C21H21NO4S/c1-2-6-20(24)22-17-11-9-16(10-12-17)19(23)15-26-21(25)13-14-27-18-7-4-3-5-8-18/h3-5,7-14H,2,6,15H2,1H3,(H,22,24)/b14-13+. The van der Waals surface area contributed by atoms with Gasteiger partial charge in [-0.15, -0.1) is 0 Å². The molecule has 140 valence electrons. The number of benzene rings is 2. The molecule has 27 heavy (non-hydrogen) atoms. The van der Waals surface area contributed by atoms with Gasteiger partial charge >= 0.3 is 5.97 Å². The summed E-state index contributed by atoms with van der Waals surface area (Å²) < 4.78 is 4.96. The van der Waals surface area contributed by atoms with Gasteiger partial charge < -0.3 is 10.1 Å².